The zero-order valence-electron chi connectivity index (χ0n) is 12.6. The van der Waals surface area contributed by atoms with Crippen LogP contribution in [-0.4, -0.2) is 33.4 Å². The van der Waals surface area contributed by atoms with E-state index in [1.54, 1.807) is 6.20 Å². The molecule has 1 aromatic carbocycles. The van der Waals surface area contributed by atoms with Gasteiger partial charge in [-0.2, -0.15) is 10.1 Å². The molecule has 0 unspecified atom stereocenters. The fourth-order valence-corrected chi connectivity index (χ4v) is 2.77. The second kappa shape index (κ2) is 6.19. The highest BCUT2D eigenvalue weighted by atomic mass is 16.5. The number of pyridine rings is 1. The van der Waals surface area contributed by atoms with Crippen LogP contribution in [-0.2, 0) is 4.74 Å². The van der Waals surface area contributed by atoms with Gasteiger partial charge in [-0.3, -0.25) is 10.1 Å². The van der Waals surface area contributed by atoms with Crippen molar-refractivity contribution < 1.29 is 4.74 Å². The van der Waals surface area contributed by atoms with Gasteiger partial charge in [0.25, 0.3) is 0 Å². The summed E-state index contributed by atoms with van der Waals surface area (Å²) < 4.78 is 5.35. The van der Waals surface area contributed by atoms with Crippen LogP contribution in [0.5, 0.6) is 0 Å². The Labute approximate surface area is 134 Å². The van der Waals surface area contributed by atoms with Gasteiger partial charge in [-0.25, -0.2) is 0 Å². The molecule has 3 aromatic rings. The van der Waals surface area contributed by atoms with Crippen molar-refractivity contribution in [1.29, 1.82) is 0 Å². The second-order valence-electron chi connectivity index (χ2n) is 5.57. The lowest BCUT2D eigenvalue weighted by Gasteiger charge is -2.16. The molecule has 1 N–H and O–H groups in total. The number of aromatic amines is 1. The monoisotopic (exact) mass is 304 g/mol. The molecule has 4 rings (SSSR count). The molecule has 1 aliphatic heterocycles. The molecule has 0 atom stereocenters. The zero-order valence-corrected chi connectivity index (χ0v) is 12.6. The van der Waals surface area contributed by atoms with Gasteiger partial charge >= 0.3 is 0 Å². The van der Waals surface area contributed by atoms with Crippen molar-refractivity contribution in [1.82, 2.24) is 20.2 Å². The number of nitrogens with one attached hydrogen (secondary N) is 1. The molecule has 0 amide bonds. The minimum atomic E-state index is 0.390. The van der Waals surface area contributed by atoms with E-state index in [9.17, 15) is 0 Å². The first-order valence-electron chi connectivity index (χ1n) is 7.75. The molecule has 1 aliphatic rings. The molecule has 5 nitrogen and oxygen atoms in total. The topological polar surface area (TPSA) is 63.7 Å². The third-order valence-electron chi connectivity index (χ3n) is 4.02. The minimum absolute atomic E-state index is 0.390. The summed E-state index contributed by atoms with van der Waals surface area (Å²) in [7, 11) is 0. The third kappa shape index (κ3) is 2.94. The summed E-state index contributed by atoms with van der Waals surface area (Å²) in [6, 6.07) is 8.02. The molecule has 5 heteroatoms. The Morgan fingerprint density at radius 1 is 1.17 bits per heavy atom. The fraction of sp³-hybridized carbons (Fsp3) is 0.278. The Morgan fingerprint density at radius 2 is 2.09 bits per heavy atom. The highest BCUT2D eigenvalue weighted by Gasteiger charge is 2.11. The lowest BCUT2D eigenvalue weighted by molar-refractivity contribution is 0.0807. The normalized spacial score (nSPS) is 15.3. The summed E-state index contributed by atoms with van der Waals surface area (Å²) in [5, 5.41) is 9.41. The Morgan fingerprint density at radius 3 is 3.00 bits per heavy atom. The predicted octanol–water partition coefficient (Wildman–Crippen LogP) is 2.80. The van der Waals surface area contributed by atoms with Crippen LogP contribution >= 0.6 is 0 Å². The van der Waals surface area contributed by atoms with E-state index < -0.39 is 0 Å². The van der Waals surface area contributed by atoms with Gasteiger partial charge in [0.15, 0.2) is 5.82 Å². The number of aromatic nitrogens is 4. The van der Waals surface area contributed by atoms with Gasteiger partial charge < -0.3 is 4.74 Å². The molecule has 3 heterocycles. The summed E-state index contributed by atoms with van der Waals surface area (Å²) in [5.41, 5.74) is 0.986. The van der Waals surface area contributed by atoms with Crippen molar-refractivity contribution in [3.63, 3.8) is 0 Å². The van der Waals surface area contributed by atoms with Gasteiger partial charge in [0.1, 0.15) is 0 Å². The average molecular weight is 304 g/mol. The van der Waals surface area contributed by atoms with Gasteiger partial charge in [-0.05, 0) is 30.2 Å². The number of rotatable bonds is 1. The number of hydrogen-bond acceptors (Lipinski definition) is 4. The summed E-state index contributed by atoms with van der Waals surface area (Å²) in [4.78, 5) is 8.68. The van der Waals surface area contributed by atoms with E-state index in [-0.39, 0.29) is 0 Å². The minimum Gasteiger partial charge on any atom is -0.381 e. The van der Waals surface area contributed by atoms with Crippen LogP contribution in [0.15, 0.2) is 36.7 Å². The number of benzene rings is 1. The molecular weight excluding hydrogens is 288 g/mol. The van der Waals surface area contributed by atoms with Crippen LogP contribution in [0, 0.1) is 17.8 Å². The van der Waals surface area contributed by atoms with Gasteiger partial charge in [-0.1, -0.05) is 24.1 Å². The van der Waals surface area contributed by atoms with E-state index in [0.29, 0.717) is 17.6 Å². The number of fused-ring (bicyclic) bond motifs is 1. The molecular formula is C18H16N4O. The molecule has 1 saturated heterocycles. The van der Waals surface area contributed by atoms with Crippen molar-refractivity contribution >= 4 is 10.8 Å². The van der Waals surface area contributed by atoms with Crippen molar-refractivity contribution in [2.75, 3.05) is 13.2 Å². The molecule has 0 saturated carbocycles. The van der Waals surface area contributed by atoms with E-state index in [2.05, 4.69) is 32.0 Å². The second-order valence-corrected chi connectivity index (χ2v) is 5.57. The first kappa shape index (κ1) is 13.9. The summed E-state index contributed by atoms with van der Waals surface area (Å²) in [6.07, 6.45) is 5.61. The van der Waals surface area contributed by atoms with Crippen LogP contribution < -0.4 is 0 Å². The van der Waals surface area contributed by atoms with Gasteiger partial charge in [0.05, 0.1) is 0 Å². The van der Waals surface area contributed by atoms with Crippen LogP contribution in [0.3, 0.4) is 0 Å². The summed E-state index contributed by atoms with van der Waals surface area (Å²) in [6.45, 7) is 1.59. The SMILES string of the molecule is C(#CC1CCOCC1)c1nc(-c2cccc3cnccc23)n[nH]1. The number of ether oxygens (including phenoxy) is 1. The van der Waals surface area contributed by atoms with Crippen LogP contribution in [0.2, 0.25) is 0 Å². The highest BCUT2D eigenvalue weighted by Crippen LogP contribution is 2.25. The molecule has 23 heavy (non-hydrogen) atoms. The Kier molecular flexibility index (Phi) is 3.75. The third-order valence-corrected chi connectivity index (χ3v) is 4.02. The molecule has 0 aliphatic carbocycles. The van der Waals surface area contributed by atoms with E-state index in [1.165, 1.54) is 0 Å². The van der Waals surface area contributed by atoms with Crippen LogP contribution in [0.4, 0.5) is 0 Å². The van der Waals surface area contributed by atoms with Crippen molar-refractivity contribution in [2.45, 2.75) is 12.8 Å². The first-order chi connectivity index (χ1) is 11.4. The van der Waals surface area contributed by atoms with Crippen molar-refractivity contribution in [3.05, 3.63) is 42.5 Å². The standard InChI is InChI=1S/C18H16N4O/c1-2-14-12-19-9-6-15(14)16(3-1)18-20-17(21-22-18)5-4-13-7-10-23-11-8-13/h1-3,6,9,12-13H,7-8,10-11H2,(H,20,21,22). The lowest BCUT2D eigenvalue weighted by Crippen LogP contribution is -2.13. The Hall–Kier alpha value is -2.71. The van der Waals surface area contributed by atoms with Crippen LogP contribution in [0.1, 0.15) is 18.7 Å². The fourth-order valence-electron chi connectivity index (χ4n) is 2.77. The van der Waals surface area contributed by atoms with Gasteiger partial charge in [-0.15, -0.1) is 0 Å². The average Bonchev–Trinajstić information content (AvgIpc) is 3.09. The number of hydrogen-bond donors (Lipinski definition) is 1. The van der Waals surface area contributed by atoms with Gasteiger partial charge in [0, 0.05) is 42.5 Å². The largest absolute Gasteiger partial charge is 0.381 e. The Balaban J connectivity index is 1.63. The van der Waals surface area contributed by atoms with E-state index in [4.69, 9.17) is 4.74 Å². The Bertz CT molecular complexity index is 879. The summed E-state index contributed by atoms with van der Waals surface area (Å²) in [5.74, 6) is 8.04. The van der Waals surface area contributed by atoms with E-state index >= 15 is 0 Å². The van der Waals surface area contributed by atoms with Crippen molar-refractivity contribution in [3.8, 4) is 23.2 Å². The predicted molar refractivity (Wildman–Crippen MR) is 87.5 cm³/mol. The van der Waals surface area contributed by atoms with E-state index in [1.807, 2.05) is 30.5 Å². The summed E-state index contributed by atoms with van der Waals surface area (Å²) >= 11 is 0. The van der Waals surface area contributed by atoms with Gasteiger partial charge in [0.2, 0.25) is 5.82 Å². The molecule has 0 bridgehead atoms. The molecule has 0 radical (unpaired) electrons. The van der Waals surface area contributed by atoms with E-state index in [0.717, 1.165) is 42.4 Å². The zero-order chi connectivity index (χ0) is 15.5. The molecule has 2 aromatic heterocycles. The first-order valence-corrected chi connectivity index (χ1v) is 7.75. The lowest BCUT2D eigenvalue weighted by atomic mass is 10.0. The number of H-pyrrole nitrogens is 1. The maximum atomic E-state index is 5.35. The highest BCUT2D eigenvalue weighted by molar-refractivity contribution is 5.94. The quantitative estimate of drug-likeness (QED) is 0.702. The van der Waals surface area contributed by atoms with Crippen molar-refractivity contribution in [2.24, 2.45) is 5.92 Å². The van der Waals surface area contributed by atoms with Crippen LogP contribution in [0.25, 0.3) is 22.2 Å². The smallest absolute Gasteiger partial charge is 0.201 e. The molecule has 0 spiro atoms. The number of nitrogens with zero attached hydrogens (tertiary/aromatic N) is 3. The maximum Gasteiger partial charge on any atom is 0.201 e. The maximum absolute atomic E-state index is 5.35. The molecule has 114 valence electrons. The molecule has 1 fully saturated rings.